The molecule has 1 aliphatic heterocycles. The van der Waals surface area contributed by atoms with Crippen LogP contribution >= 0.6 is 34.8 Å². The minimum atomic E-state index is -3.03. The summed E-state index contributed by atoms with van der Waals surface area (Å²) >= 11 is 18.1. The van der Waals surface area contributed by atoms with Crippen molar-refractivity contribution in [2.24, 2.45) is 0 Å². The van der Waals surface area contributed by atoms with E-state index in [4.69, 9.17) is 49.0 Å². The largest absolute Gasteiger partial charge is 0.459 e. The van der Waals surface area contributed by atoms with Gasteiger partial charge in [-0.3, -0.25) is 19.1 Å². The molecule has 0 saturated carbocycles. The number of rotatable bonds is 8. The van der Waals surface area contributed by atoms with Gasteiger partial charge in [0.2, 0.25) is 17.0 Å². The molecule has 0 amide bonds. The minimum Gasteiger partial charge on any atom is -0.459 e. The Kier molecular flexibility index (Phi) is 10.6. The molecule has 0 unspecified atom stereocenters. The molecule has 1 aromatic heterocycles. The lowest BCUT2D eigenvalue weighted by Gasteiger charge is -2.39. The highest BCUT2D eigenvalue weighted by Crippen LogP contribution is 2.50. The molecule has 0 spiro atoms. The Balaban J connectivity index is 1.77. The highest BCUT2D eigenvalue weighted by Gasteiger charge is 2.74. The summed E-state index contributed by atoms with van der Waals surface area (Å²) in [5.41, 5.74) is -4.51. The van der Waals surface area contributed by atoms with Crippen molar-refractivity contribution in [3.8, 4) is 11.5 Å². The summed E-state index contributed by atoms with van der Waals surface area (Å²) in [4.78, 5) is 69.3. The Morgan fingerprint density at radius 2 is 1.34 bits per heavy atom. The summed E-state index contributed by atoms with van der Waals surface area (Å²) in [5, 5.41) is 14.0. The van der Waals surface area contributed by atoms with Crippen molar-refractivity contribution >= 4 is 60.6 Å². The molecule has 1 saturated heterocycles. The summed E-state index contributed by atoms with van der Waals surface area (Å²) < 4.78 is 18.8. The Bertz CT molecular complexity index is 2120. The lowest BCUT2D eigenvalue weighted by atomic mass is 9.75. The zero-order chi connectivity index (χ0) is 36.4. The molecule has 0 radical (unpaired) electrons. The van der Waals surface area contributed by atoms with Gasteiger partial charge in [-0.25, -0.2) is 14.4 Å². The molecule has 258 valence electrons. The number of ether oxygens (including phenoxy) is 3. The lowest BCUT2D eigenvalue weighted by molar-refractivity contribution is -0.106. The molecule has 11 nitrogen and oxygen atoms in total. The third-order valence-corrected chi connectivity index (χ3v) is 9.26. The summed E-state index contributed by atoms with van der Waals surface area (Å²) in [6, 6.07) is 17.8. The van der Waals surface area contributed by atoms with Crippen molar-refractivity contribution < 1.29 is 33.7 Å². The second kappa shape index (κ2) is 14.4. The Morgan fingerprint density at radius 1 is 0.840 bits per heavy atom. The molecule has 2 N–H and O–H groups in total. The van der Waals surface area contributed by atoms with E-state index >= 15 is 0 Å². The number of aromatic nitrogens is 2. The zero-order valence-corrected chi connectivity index (χ0v) is 30.0. The van der Waals surface area contributed by atoms with E-state index in [0.717, 1.165) is 16.8 Å². The first kappa shape index (κ1) is 36.8. The summed E-state index contributed by atoms with van der Waals surface area (Å²) in [5.74, 6) is -0.113. The number of H-pyrrole nitrogens is 1. The number of nitrogens with zero attached hydrogens (tertiary/aromatic N) is 1. The third-order valence-electron chi connectivity index (χ3n) is 7.63. The molecule has 5 rings (SSSR count). The van der Waals surface area contributed by atoms with Crippen LogP contribution in [-0.4, -0.2) is 64.4 Å². The number of carbonyl (C=O) groups is 3. The fourth-order valence-corrected chi connectivity index (χ4v) is 6.09. The molecule has 4 atom stereocenters. The number of aliphatic hydroxyl groups is 1. The topological polar surface area (TPSA) is 154 Å². The Morgan fingerprint density at radius 3 is 1.84 bits per heavy atom. The van der Waals surface area contributed by atoms with E-state index in [1.54, 1.807) is 0 Å². The molecule has 0 aliphatic carbocycles. The predicted molar refractivity (Wildman–Crippen MR) is 188 cm³/mol. The van der Waals surface area contributed by atoms with Gasteiger partial charge in [0, 0.05) is 32.9 Å². The van der Waals surface area contributed by atoms with Gasteiger partial charge in [0.1, 0.15) is 20.8 Å². The summed E-state index contributed by atoms with van der Waals surface area (Å²) in [6.07, 6.45) is -2.70. The van der Waals surface area contributed by atoms with Crippen LogP contribution in [-0.2, 0) is 14.2 Å². The maximum atomic E-state index is 14.7. The Labute approximate surface area is 301 Å². The van der Waals surface area contributed by atoms with Gasteiger partial charge in [0.25, 0.3) is 5.56 Å². The number of Topliss-reactive ketones (excluding diaryl/α,β-unsaturated/α-hetero) is 1. The molecule has 3 aromatic carbocycles. The summed E-state index contributed by atoms with van der Waals surface area (Å²) in [6.45, 7) is 4.86. The normalized spacial score (nSPS) is 21.5. The van der Waals surface area contributed by atoms with Gasteiger partial charge < -0.3 is 19.3 Å². The van der Waals surface area contributed by atoms with Gasteiger partial charge in [-0.1, -0.05) is 60.4 Å². The van der Waals surface area contributed by atoms with Crippen LogP contribution in [0.25, 0.3) is 0 Å². The summed E-state index contributed by atoms with van der Waals surface area (Å²) in [7, 11) is -2.45. The van der Waals surface area contributed by atoms with Gasteiger partial charge in [0.05, 0.1) is 11.1 Å². The van der Waals surface area contributed by atoms with E-state index in [9.17, 15) is 29.1 Å². The van der Waals surface area contributed by atoms with Crippen molar-refractivity contribution in [2.45, 2.75) is 43.2 Å². The van der Waals surface area contributed by atoms with Crippen LogP contribution in [0, 0.1) is 11.5 Å². The monoisotopic (exact) mass is 754 g/mol. The maximum absolute atomic E-state index is 14.7. The number of nitrogens with one attached hydrogen (secondary N) is 1. The standard InChI is InChI=1S/C35H29Cl3N2O9Si/c1-50(2,3)19-17-34(49-31(44)23-8-14-26(38)15-9-23)27(20-47-30(43)22-6-12-25(37)13-7-22)48-32(40-18-16-28(41)39-33(40)45)35(34,46)29(42)21-4-10-24(36)11-5-21/h4-16,18,27,32,46H,20H2,1-3H3,(H,39,41,45)/t27-,32-,34-,35+/m1/s1. The van der Waals surface area contributed by atoms with E-state index < -0.39 is 67.2 Å². The second-order valence-corrected chi connectivity index (χ2v) is 18.4. The van der Waals surface area contributed by atoms with Gasteiger partial charge in [-0.15, -0.1) is 5.54 Å². The number of hydrogen-bond acceptors (Lipinski definition) is 9. The first-order valence-electron chi connectivity index (χ1n) is 15.0. The molecule has 15 heteroatoms. The lowest BCUT2D eigenvalue weighted by Crippen LogP contribution is -2.65. The first-order valence-corrected chi connectivity index (χ1v) is 19.6. The Hall–Kier alpha value is -4.48. The van der Waals surface area contributed by atoms with E-state index in [0.29, 0.717) is 10.0 Å². The van der Waals surface area contributed by atoms with Crippen molar-refractivity contribution in [3.05, 3.63) is 138 Å². The molecule has 1 fully saturated rings. The molecular formula is C35H29Cl3N2O9Si. The van der Waals surface area contributed by atoms with E-state index in [-0.39, 0.29) is 21.7 Å². The maximum Gasteiger partial charge on any atom is 0.339 e. The number of carbonyl (C=O) groups excluding carboxylic acids is 3. The number of halogens is 3. The van der Waals surface area contributed by atoms with Crippen LogP contribution < -0.4 is 11.2 Å². The smallest absolute Gasteiger partial charge is 0.339 e. The van der Waals surface area contributed by atoms with Gasteiger partial charge in [-0.2, -0.15) is 0 Å². The number of aromatic amines is 1. The quantitative estimate of drug-likeness (QED) is 0.105. The predicted octanol–water partition coefficient (Wildman–Crippen LogP) is 5.34. The first-order chi connectivity index (χ1) is 23.5. The second-order valence-electron chi connectivity index (χ2n) is 12.3. The number of hydrogen-bond donors (Lipinski definition) is 2. The number of benzene rings is 3. The van der Waals surface area contributed by atoms with Gasteiger partial charge >= 0.3 is 17.6 Å². The van der Waals surface area contributed by atoms with Crippen LogP contribution in [0.4, 0.5) is 0 Å². The van der Waals surface area contributed by atoms with Crippen LogP contribution in [0.15, 0.2) is 94.6 Å². The average molecular weight is 756 g/mol. The van der Waals surface area contributed by atoms with Gasteiger partial charge in [0.15, 0.2) is 6.23 Å². The van der Waals surface area contributed by atoms with Crippen LogP contribution in [0.5, 0.6) is 0 Å². The van der Waals surface area contributed by atoms with E-state index in [1.165, 1.54) is 72.8 Å². The van der Waals surface area contributed by atoms with E-state index in [2.05, 4.69) is 16.4 Å². The number of esters is 2. The van der Waals surface area contributed by atoms with Crippen molar-refractivity contribution in [2.75, 3.05) is 6.61 Å². The molecule has 2 heterocycles. The molecule has 50 heavy (non-hydrogen) atoms. The van der Waals surface area contributed by atoms with Crippen molar-refractivity contribution in [3.63, 3.8) is 0 Å². The molecule has 0 bridgehead atoms. The number of ketones is 1. The minimum absolute atomic E-state index is 0.0357. The zero-order valence-electron chi connectivity index (χ0n) is 26.7. The third kappa shape index (κ3) is 7.48. The highest BCUT2D eigenvalue weighted by atomic mass is 35.5. The SMILES string of the molecule is C[Si](C)(C)C#C[C@@]1(OC(=O)c2ccc(Cl)cc2)[C@@H](COC(=O)c2ccc(Cl)cc2)O[C@@H](n2ccc(=O)[nH]c2=O)[C@@]1(O)C(=O)c1ccc(Cl)cc1. The van der Waals surface area contributed by atoms with E-state index in [1.807, 2.05) is 19.6 Å². The molecular weight excluding hydrogens is 727 g/mol. The van der Waals surface area contributed by atoms with Crippen LogP contribution in [0.1, 0.15) is 37.3 Å². The molecule has 1 aliphatic rings. The average Bonchev–Trinajstić information content (AvgIpc) is 3.30. The van der Waals surface area contributed by atoms with Crippen LogP contribution in [0.2, 0.25) is 34.7 Å². The van der Waals surface area contributed by atoms with Crippen LogP contribution in [0.3, 0.4) is 0 Å². The fourth-order valence-electron chi connectivity index (χ4n) is 5.15. The van der Waals surface area contributed by atoms with Crippen molar-refractivity contribution in [1.82, 2.24) is 9.55 Å². The fraction of sp³-hybridized carbons (Fsp3) is 0.229. The van der Waals surface area contributed by atoms with Crippen molar-refractivity contribution in [1.29, 1.82) is 0 Å². The molecule has 4 aromatic rings. The highest BCUT2D eigenvalue weighted by molar-refractivity contribution is 6.83. The van der Waals surface area contributed by atoms with Gasteiger partial charge in [-0.05, 0) is 72.8 Å².